The molecule has 1 aromatic carbocycles. The standard InChI is InChI=1S/C15H19F3/c1-2-11-8-9-13(12-6-4-3-5-7-12)14(10-11)15(16,17)18/h8-10,12H,2-7H2,1H3. The number of aryl methyl sites for hydroxylation is 1. The number of rotatable bonds is 2. The van der Waals surface area contributed by atoms with Crippen molar-refractivity contribution in [1.82, 2.24) is 0 Å². The maximum absolute atomic E-state index is 13.1. The zero-order valence-electron chi connectivity index (χ0n) is 10.7. The summed E-state index contributed by atoms with van der Waals surface area (Å²) in [6, 6.07) is 4.89. The average molecular weight is 256 g/mol. The van der Waals surface area contributed by atoms with Crippen molar-refractivity contribution in [1.29, 1.82) is 0 Å². The largest absolute Gasteiger partial charge is 0.416 e. The van der Waals surface area contributed by atoms with Crippen LogP contribution in [0.25, 0.3) is 0 Å². The van der Waals surface area contributed by atoms with Gasteiger partial charge in [-0.1, -0.05) is 38.3 Å². The maximum Gasteiger partial charge on any atom is 0.416 e. The van der Waals surface area contributed by atoms with Gasteiger partial charge >= 0.3 is 6.18 Å². The smallest absolute Gasteiger partial charge is 0.166 e. The van der Waals surface area contributed by atoms with E-state index in [-0.39, 0.29) is 5.92 Å². The molecule has 1 aliphatic carbocycles. The minimum absolute atomic E-state index is 0.0984. The van der Waals surface area contributed by atoms with E-state index in [1.807, 2.05) is 13.0 Å². The van der Waals surface area contributed by atoms with Crippen molar-refractivity contribution in [2.45, 2.75) is 57.5 Å². The predicted octanol–water partition coefficient (Wildman–Crippen LogP) is 5.32. The minimum Gasteiger partial charge on any atom is -0.166 e. The van der Waals surface area contributed by atoms with Crippen LogP contribution in [0.5, 0.6) is 0 Å². The second kappa shape index (κ2) is 5.33. The van der Waals surface area contributed by atoms with E-state index in [4.69, 9.17) is 0 Å². The Labute approximate surface area is 106 Å². The molecule has 0 aliphatic heterocycles. The summed E-state index contributed by atoms with van der Waals surface area (Å²) in [5.41, 5.74) is 0.870. The van der Waals surface area contributed by atoms with E-state index in [1.165, 1.54) is 6.07 Å². The van der Waals surface area contributed by atoms with Gasteiger partial charge < -0.3 is 0 Å². The Morgan fingerprint density at radius 1 is 1.11 bits per heavy atom. The van der Waals surface area contributed by atoms with Gasteiger partial charge in [-0.3, -0.25) is 0 Å². The zero-order chi connectivity index (χ0) is 13.2. The summed E-state index contributed by atoms with van der Waals surface area (Å²) < 4.78 is 39.4. The van der Waals surface area contributed by atoms with Crippen LogP contribution in [0.1, 0.15) is 61.6 Å². The molecule has 0 unspecified atom stereocenters. The normalized spacial score (nSPS) is 18.0. The maximum atomic E-state index is 13.1. The van der Waals surface area contributed by atoms with Crippen molar-refractivity contribution in [2.24, 2.45) is 0 Å². The topological polar surface area (TPSA) is 0 Å². The van der Waals surface area contributed by atoms with Crippen LogP contribution < -0.4 is 0 Å². The van der Waals surface area contributed by atoms with E-state index >= 15 is 0 Å². The molecule has 0 aromatic heterocycles. The van der Waals surface area contributed by atoms with Gasteiger partial charge in [0, 0.05) is 0 Å². The van der Waals surface area contributed by atoms with Crippen molar-refractivity contribution in [3.63, 3.8) is 0 Å². The molecule has 0 spiro atoms. The first-order valence-corrected chi connectivity index (χ1v) is 6.72. The van der Waals surface area contributed by atoms with E-state index in [0.29, 0.717) is 12.0 Å². The Balaban J connectivity index is 2.38. The summed E-state index contributed by atoms with van der Waals surface area (Å²) in [6.07, 6.45) is 1.48. The van der Waals surface area contributed by atoms with Crippen LogP contribution in [-0.4, -0.2) is 0 Å². The average Bonchev–Trinajstić information content (AvgIpc) is 2.38. The molecule has 2 rings (SSSR count). The Morgan fingerprint density at radius 2 is 1.78 bits per heavy atom. The Hall–Kier alpha value is -0.990. The van der Waals surface area contributed by atoms with Crippen LogP contribution in [0.2, 0.25) is 0 Å². The lowest BCUT2D eigenvalue weighted by Crippen LogP contribution is -2.14. The second-order valence-corrected chi connectivity index (χ2v) is 5.11. The molecule has 0 bridgehead atoms. The van der Waals surface area contributed by atoms with Crippen LogP contribution in [0, 0.1) is 0 Å². The summed E-state index contributed by atoms with van der Waals surface area (Å²) in [5.74, 6) is 0.0984. The lowest BCUT2D eigenvalue weighted by atomic mass is 9.81. The molecule has 0 amide bonds. The van der Waals surface area contributed by atoms with Crippen LogP contribution in [0.4, 0.5) is 13.2 Å². The molecule has 0 nitrogen and oxygen atoms in total. The Kier molecular flexibility index (Phi) is 3.98. The third-order valence-corrected chi connectivity index (χ3v) is 3.88. The van der Waals surface area contributed by atoms with Crippen LogP contribution in [0.15, 0.2) is 18.2 Å². The van der Waals surface area contributed by atoms with E-state index in [2.05, 4.69) is 0 Å². The number of hydrogen-bond acceptors (Lipinski definition) is 0. The third kappa shape index (κ3) is 2.88. The number of halogens is 3. The second-order valence-electron chi connectivity index (χ2n) is 5.11. The molecule has 0 saturated heterocycles. The van der Waals surface area contributed by atoms with E-state index < -0.39 is 11.7 Å². The highest BCUT2D eigenvalue weighted by Crippen LogP contribution is 2.41. The van der Waals surface area contributed by atoms with Gasteiger partial charge in [-0.2, -0.15) is 13.2 Å². The SMILES string of the molecule is CCc1ccc(C2CCCCC2)c(C(F)(F)F)c1. The van der Waals surface area contributed by atoms with Gasteiger partial charge in [0.05, 0.1) is 5.56 Å². The molecule has 0 radical (unpaired) electrons. The fourth-order valence-corrected chi connectivity index (χ4v) is 2.84. The molecule has 0 heterocycles. The predicted molar refractivity (Wildman–Crippen MR) is 66.6 cm³/mol. The van der Waals surface area contributed by atoms with Crippen molar-refractivity contribution >= 4 is 0 Å². The Bertz CT molecular complexity index is 401. The quantitative estimate of drug-likeness (QED) is 0.672. The van der Waals surface area contributed by atoms with Gasteiger partial charge in [-0.15, -0.1) is 0 Å². The first-order chi connectivity index (χ1) is 8.52. The van der Waals surface area contributed by atoms with Gasteiger partial charge in [-0.25, -0.2) is 0 Å². The first-order valence-electron chi connectivity index (χ1n) is 6.72. The van der Waals surface area contributed by atoms with Gasteiger partial charge in [-0.05, 0) is 42.4 Å². The Morgan fingerprint density at radius 3 is 2.33 bits per heavy atom. The summed E-state index contributed by atoms with van der Waals surface area (Å²) in [5, 5.41) is 0. The highest BCUT2D eigenvalue weighted by atomic mass is 19.4. The van der Waals surface area contributed by atoms with E-state index in [9.17, 15) is 13.2 Å². The fourth-order valence-electron chi connectivity index (χ4n) is 2.84. The molecule has 18 heavy (non-hydrogen) atoms. The highest BCUT2D eigenvalue weighted by molar-refractivity contribution is 5.37. The van der Waals surface area contributed by atoms with Crippen LogP contribution >= 0.6 is 0 Å². The third-order valence-electron chi connectivity index (χ3n) is 3.88. The summed E-state index contributed by atoms with van der Waals surface area (Å²) >= 11 is 0. The zero-order valence-corrected chi connectivity index (χ0v) is 10.7. The van der Waals surface area contributed by atoms with Gasteiger partial charge in [0.15, 0.2) is 0 Å². The number of hydrogen-bond donors (Lipinski definition) is 0. The molecular weight excluding hydrogens is 237 g/mol. The van der Waals surface area contributed by atoms with E-state index in [0.717, 1.165) is 37.7 Å². The minimum atomic E-state index is -4.22. The van der Waals surface area contributed by atoms with Crippen molar-refractivity contribution in [2.75, 3.05) is 0 Å². The van der Waals surface area contributed by atoms with Crippen molar-refractivity contribution in [3.05, 3.63) is 34.9 Å². The number of benzene rings is 1. The van der Waals surface area contributed by atoms with Crippen LogP contribution in [0.3, 0.4) is 0 Å². The molecule has 3 heteroatoms. The lowest BCUT2D eigenvalue weighted by Gasteiger charge is -2.25. The summed E-state index contributed by atoms with van der Waals surface area (Å²) in [4.78, 5) is 0. The molecule has 0 atom stereocenters. The molecule has 1 aromatic rings. The van der Waals surface area contributed by atoms with Crippen molar-refractivity contribution < 1.29 is 13.2 Å². The highest BCUT2D eigenvalue weighted by Gasteiger charge is 2.35. The summed E-state index contributed by atoms with van der Waals surface area (Å²) in [7, 11) is 0. The first kappa shape index (κ1) is 13.4. The molecule has 1 fully saturated rings. The molecule has 1 saturated carbocycles. The lowest BCUT2D eigenvalue weighted by molar-refractivity contribution is -0.138. The number of alkyl halides is 3. The fraction of sp³-hybridized carbons (Fsp3) is 0.600. The molecule has 100 valence electrons. The van der Waals surface area contributed by atoms with E-state index in [1.54, 1.807) is 6.07 Å². The van der Waals surface area contributed by atoms with Gasteiger partial charge in [0.2, 0.25) is 0 Å². The van der Waals surface area contributed by atoms with Gasteiger partial charge in [0.1, 0.15) is 0 Å². The van der Waals surface area contributed by atoms with Crippen LogP contribution in [-0.2, 0) is 12.6 Å². The monoisotopic (exact) mass is 256 g/mol. The summed E-state index contributed by atoms with van der Waals surface area (Å²) in [6.45, 7) is 1.88. The molecule has 0 N–H and O–H groups in total. The van der Waals surface area contributed by atoms with Crippen molar-refractivity contribution in [3.8, 4) is 0 Å². The van der Waals surface area contributed by atoms with Gasteiger partial charge in [0.25, 0.3) is 0 Å². The molecular formula is C15H19F3. The molecule has 1 aliphatic rings.